The molecule has 0 saturated carbocycles. The van der Waals surface area contributed by atoms with Crippen molar-refractivity contribution in [3.05, 3.63) is 34.9 Å². The first-order chi connectivity index (χ1) is 8.18. The average Bonchev–Trinajstić information content (AvgIpc) is 2.39. The molecule has 1 aromatic rings. The molecule has 3 nitrogen and oxygen atoms in total. The maximum absolute atomic E-state index is 12.1. The topological polar surface area (TPSA) is 29.5 Å². The summed E-state index contributed by atoms with van der Waals surface area (Å²) in [6.07, 6.45) is 0. The van der Waals surface area contributed by atoms with Gasteiger partial charge in [0, 0.05) is 18.1 Å². The summed E-state index contributed by atoms with van der Waals surface area (Å²) < 4.78 is 5.20. The zero-order chi connectivity index (χ0) is 12.3. The monoisotopic (exact) mass is 273 g/mol. The third-order valence-electron chi connectivity index (χ3n) is 2.70. The van der Waals surface area contributed by atoms with Crippen LogP contribution in [0.2, 0.25) is 5.02 Å². The van der Waals surface area contributed by atoms with Crippen LogP contribution in [0.3, 0.4) is 0 Å². The molecule has 1 amide bonds. The van der Waals surface area contributed by atoms with Crippen molar-refractivity contribution in [2.75, 3.05) is 26.3 Å². The number of benzene rings is 1. The highest BCUT2D eigenvalue weighted by atomic mass is 35.5. The minimum Gasteiger partial charge on any atom is -0.378 e. The van der Waals surface area contributed by atoms with Gasteiger partial charge in [0.15, 0.2) is 0 Å². The van der Waals surface area contributed by atoms with E-state index in [1.807, 2.05) is 0 Å². The lowest BCUT2D eigenvalue weighted by molar-refractivity contribution is -0.134. The SMILES string of the molecule is O=C(C(Cl)c1ccc(Cl)cc1)N1CCOCC1. The predicted octanol–water partition coefficient (Wildman–Crippen LogP) is 2.48. The molecule has 92 valence electrons. The molecule has 5 heteroatoms. The van der Waals surface area contributed by atoms with Gasteiger partial charge < -0.3 is 9.64 Å². The maximum Gasteiger partial charge on any atom is 0.245 e. The van der Waals surface area contributed by atoms with Gasteiger partial charge >= 0.3 is 0 Å². The number of rotatable bonds is 2. The Morgan fingerprint density at radius 2 is 1.82 bits per heavy atom. The quantitative estimate of drug-likeness (QED) is 0.775. The first-order valence-corrected chi connectivity index (χ1v) is 6.26. The summed E-state index contributed by atoms with van der Waals surface area (Å²) in [6.45, 7) is 2.37. The number of morpholine rings is 1. The normalized spacial score (nSPS) is 17.9. The molecule has 1 heterocycles. The Hall–Kier alpha value is -0.770. The molecule has 1 atom stereocenters. The van der Waals surface area contributed by atoms with Crippen LogP contribution >= 0.6 is 23.2 Å². The molecule has 0 aromatic heterocycles. The molecule has 0 aliphatic carbocycles. The molecular weight excluding hydrogens is 261 g/mol. The zero-order valence-corrected chi connectivity index (χ0v) is 10.7. The Morgan fingerprint density at radius 3 is 2.41 bits per heavy atom. The molecule has 1 unspecified atom stereocenters. The van der Waals surface area contributed by atoms with Crippen LogP contribution in [0.15, 0.2) is 24.3 Å². The van der Waals surface area contributed by atoms with E-state index in [4.69, 9.17) is 27.9 Å². The molecule has 0 N–H and O–H groups in total. The number of halogens is 2. The second kappa shape index (κ2) is 5.71. The van der Waals surface area contributed by atoms with Crippen molar-refractivity contribution < 1.29 is 9.53 Å². The number of hydrogen-bond acceptors (Lipinski definition) is 2. The number of carbonyl (C=O) groups excluding carboxylic acids is 1. The standard InChI is InChI=1S/C12H13Cl2NO2/c13-10-3-1-9(2-4-10)11(14)12(16)15-5-7-17-8-6-15/h1-4,11H,5-8H2. The lowest BCUT2D eigenvalue weighted by atomic mass is 10.1. The van der Waals surface area contributed by atoms with Crippen LogP contribution in [0.4, 0.5) is 0 Å². The third kappa shape index (κ3) is 3.12. The van der Waals surface area contributed by atoms with E-state index in [1.165, 1.54) is 0 Å². The van der Waals surface area contributed by atoms with Gasteiger partial charge in [0.05, 0.1) is 13.2 Å². The van der Waals surface area contributed by atoms with Gasteiger partial charge in [-0.3, -0.25) is 4.79 Å². The number of amides is 1. The van der Waals surface area contributed by atoms with Crippen LogP contribution in [0.25, 0.3) is 0 Å². The molecule has 17 heavy (non-hydrogen) atoms. The van der Waals surface area contributed by atoms with Crippen molar-refractivity contribution in [2.24, 2.45) is 0 Å². The summed E-state index contributed by atoms with van der Waals surface area (Å²) in [5.74, 6) is -0.0720. The highest BCUT2D eigenvalue weighted by Crippen LogP contribution is 2.24. The molecule has 0 spiro atoms. The van der Waals surface area contributed by atoms with E-state index in [1.54, 1.807) is 29.2 Å². The van der Waals surface area contributed by atoms with E-state index >= 15 is 0 Å². The lowest BCUT2D eigenvalue weighted by Crippen LogP contribution is -2.42. The van der Waals surface area contributed by atoms with Crippen LogP contribution in [0.5, 0.6) is 0 Å². The first-order valence-electron chi connectivity index (χ1n) is 5.44. The fourth-order valence-corrected chi connectivity index (χ4v) is 2.13. The summed E-state index contributed by atoms with van der Waals surface area (Å²) in [4.78, 5) is 13.8. The van der Waals surface area contributed by atoms with E-state index in [0.29, 0.717) is 31.3 Å². The van der Waals surface area contributed by atoms with Gasteiger partial charge in [-0.05, 0) is 17.7 Å². The van der Waals surface area contributed by atoms with Crippen molar-refractivity contribution in [3.63, 3.8) is 0 Å². The van der Waals surface area contributed by atoms with Gasteiger partial charge in [-0.2, -0.15) is 0 Å². The number of carbonyl (C=O) groups is 1. The maximum atomic E-state index is 12.1. The van der Waals surface area contributed by atoms with Crippen LogP contribution in [-0.4, -0.2) is 37.1 Å². The van der Waals surface area contributed by atoms with E-state index in [-0.39, 0.29) is 5.91 Å². The largest absolute Gasteiger partial charge is 0.378 e. The lowest BCUT2D eigenvalue weighted by Gasteiger charge is -2.28. The highest BCUT2D eigenvalue weighted by molar-refractivity contribution is 6.31. The molecule has 1 fully saturated rings. The Balaban J connectivity index is 2.05. The van der Waals surface area contributed by atoms with Gasteiger partial charge in [0.1, 0.15) is 5.38 Å². The van der Waals surface area contributed by atoms with Gasteiger partial charge in [0.2, 0.25) is 5.91 Å². The summed E-state index contributed by atoms with van der Waals surface area (Å²) >= 11 is 12.0. The molecule has 0 radical (unpaired) electrons. The molecule has 2 rings (SSSR count). The smallest absolute Gasteiger partial charge is 0.245 e. The number of nitrogens with zero attached hydrogens (tertiary/aromatic N) is 1. The molecular formula is C12H13Cl2NO2. The van der Waals surface area contributed by atoms with Gasteiger partial charge in [0.25, 0.3) is 0 Å². The van der Waals surface area contributed by atoms with Crippen molar-refractivity contribution in [1.82, 2.24) is 4.90 Å². The Kier molecular flexibility index (Phi) is 4.26. The fourth-order valence-electron chi connectivity index (χ4n) is 1.72. The second-order valence-electron chi connectivity index (χ2n) is 3.85. The van der Waals surface area contributed by atoms with Crippen LogP contribution in [-0.2, 0) is 9.53 Å². The van der Waals surface area contributed by atoms with Gasteiger partial charge in [-0.15, -0.1) is 11.6 Å². The van der Waals surface area contributed by atoms with E-state index in [0.717, 1.165) is 5.56 Å². The Morgan fingerprint density at radius 1 is 1.24 bits per heavy atom. The predicted molar refractivity (Wildman–Crippen MR) is 67.4 cm³/mol. The third-order valence-corrected chi connectivity index (χ3v) is 3.39. The second-order valence-corrected chi connectivity index (χ2v) is 4.72. The minimum atomic E-state index is -0.648. The number of hydrogen-bond donors (Lipinski definition) is 0. The summed E-state index contributed by atoms with van der Waals surface area (Å²) in [6, 6.07) is 7.02. The molecule has 1 saturated heterocycles. The van der Waals surface area contributed by atoms with Crippen molar-refractivity contribution in [3.8, 4) is 0 Å². The van der Waals surface area contributed by atoms with E-state index < -0.39 is 5.38 Å². The number of alkyl halides is 1. The molecule has 1 aliphatic heterocycles. The summed E-state index contributed by atoms with van der Waals surface area (Å²) in [5, 5.41) is -0.0122. The van der Waals surface area contributed by atoms with Crippen LogP contribution < -0.4 is 0 Å². The van der Waals surface area contributed by atoms with E-state index in [9.17, 15) is 4.79 Å². The number of ether oxygens (including phenoxy) is 1. The summed E-state index contributed by atoms with van der Waals surface area (Å²) in [7, 11) is 0. The van der Waals surface area contributed by atoms with Crippen molar-refractivity contribution in [2.45, 2.75) is 5.38 Å². The van der Waals surface area contributed by atoms with Crippen LogP contribution in [0.1, 0.15) is 10.9 Å². The van der Waals surface area contributed by atoms with Crippen LogP contribution in [0, 0.1) is 0 Å². The average molecular weight is 274 g/mol. The van der Waals surface area contributed by atoms with Gasteiger partial charge in [-0.25, -0.2) is 0 Å². The van der Waals surface area contributed by atoms with Gasteiger partial charge in [-0.1, -0.05) is 23.7 Å². The first kappa shape index (κ1) is 12.7. The Bertz CT molecular complexity index is 388. The fraction of sp³-hybridized carbons (Fsp3) is 0.417. The van der Waals surface area contributed by atoms with Crippen molar-refractivity contribution >= 4 is 29.1 Å². The van der Waals surface area contributed by atoms with Crippen molar-refractivity contribution in [1.29, 1.82) is 0 Å². The molecule has 0 bridgehead atoms. The Labute approximate surface area is 110 Å². The minimum absolute atomic E-state index is 0.0720. The summed E-state index contributed by atoms with van der Waals surface area (Å²) in [5.41, 5.74) is 0.771. The highest BCUT2D eigenvalue weighted by Gasteiger charge is 2.25. The molecule has 1 aliphatic rings. The molecule has 1 aromatic carbocycles. The van der Waals surface area contributed by atoms with E-state index in [2.05, 4.69) is 0 Å². The zero-order valence-electron chi connectivity index (χ0n) is 9.23.